The van der Waals surface area contributed by atoms with Gasteiger partial charge in [-0.2, -0.15) is 0 Å². The van der Waals surface area contributed by atoms with Crippen molar-refractivity contribution in [2.75, 3.05) is 27.9 Å². The summed E-state index contributed by atoms with van der Waals surface area (Å²) in [4.78, 5) is 39.3. The number of carbonyl (C=O) groups excluding carboxylic acids is 3. The van der Waals surface area contributed by atoms with Gasteiger partial charge in [-0.1, -0.05) is 12.2 Å². The van der Waals surface area contributed by atoms with Crippen LogP contribution in [0, 0.1) is 0 Å². The Balaban J connectivity index is 1.78. The first-order chi connectivity index (χ1) is 23.2. The average Bonchev–Trinajstić information content (AvgIpc) is 3.58. The van der Waals surface area contributed by atoms with Crippen LogP contribution in [0.5, 0.6) is 28.7 Å². The fourth-order valence-electron chi connectivity index (χ4n) is 5.91. The van der Waals surface area contributed by atoms with Crippen molar-refractivity contribution in [3.63, 3.8) is 0 Å². The molecule has 2 unspecified atom stereocenters. The number of allylic oxidation sites excluding steroid dienone is 1. The maximum atomic E-state index is 13.7. The monoisotopic (exact) mass is 663 g/mol. The number of amides is 1. The van der Waals surface area contributed by atoms with Gasteiger partial charge in [0, 0.05) is 43.7 Å². The highest BCUT2D eigenvalue weighted by molar-refractivity contribution is 5.98. The Bertz CT molecular complexity index is 1570. The van der Waals surface area contributed by atoms with Gasteiger partial charge in [-0.25, -0.2) is 4.79 Å². The minimum absolute atomic E-state index is 0.0292. The van der Waals surface area contributed by atoms with Gasteiger partial charge in [0.1, 0.15) is 28.6 Å². The minimum Gasteiger partial charge on any atom is -0.507 e. The van der Waals surface area contributed by atoms with Crippen molar-refractivity contribution < 1.29 is 48.0 Å². The zero-order valence-corrected chi connectivity index (χ0v) is 28.0. The average molecular weight is 664 g/mol. The minimum atomic E-state index is -0.956. The number of fused-ring (bicyclic) bond motifs is 1. The second-order valence-corrected chi connectivity index (χ2v) is 11.8. The van der Waals surface area contributed by atoms with E-state index in [1.807, 2.05) is 6.07 Å². The number of ether oxygens (including phenoxy) is 4. The molecule has 3 N–H and O–H groups in total. The molecule has 48 heavy (non-hydrogen) atoms. The summed E-state index contributed by atoms with van der Waals surface area (Å²) in [5, 5.41) is 26.3. The second-order valence-electron chi connectivity index (χ2n) is 11.8. The predicted octanol–water partition coefficient (Wildman–Crippen LogP) is 6.47. The summed E-state index contributed by atoms with van der Waals surface area (Å²) in [6.45, 7) is 2.10. The number of benzene rings is 2. The van der Waals surface area contributed by atoms with E-state index >= 15 is 0 Å². The number of Topliss-reactive ketones (excluding diaryl/α,β-unsaturated/α-hetero) is 1. The number of ketones is 1. The van der Waals surface area contributed by atoms with E-state index in [0.29, 0.717) is 80.7 Å². The molecule has 0 saturated heterocycles. The summed E-state index contributed by atoms with van der Waals surface area (Å²) in [7, 11) is 4.39. The molecule has 3 aromatic rings. The van der Waals surface area contributed by atoms with Crippen molar-refractivity contribution in [1.82, 2.24) is 5.32 Å². The number of hydrogen-bond acceptors (Lipinski definition) is 10. The number of hydrogen-bond donors (Lipinski definition) is 3. The SMILES string of the molecule is COc1cc(C(CC(=O)NCCCc2ccco2)c2c(O)cc3c(c2O)C(=O)OC(C)CCCC(=O)CCCC=C3)cc(OC)c1OC. The van der Waals surface area contributed by atoms with E-state index in [2.05, 4.69) is 5.32 Å². The number of rotatable bonds is 11. The summed E-state index contributed by atoms with van der Waals surface area (Å²) in [6.07, 6.45) is 8.67. The van der Waals surface area contributed by atoms with E-state index in [-0.39, 0.29) is 40.6 Å². The third-order valence-corrected chi connectivity index (χ3v) is 8.38. The van der Waals surface area contributed by atoms with Crippen molar-refractivity contribution in [2.45, 2.75) is 76.7 Å². The number of furan rings is 1. The summed E-state index contributed by atoms with van der Waals surface area (Å²) in [6, 6.07) is 8.34. The second kappa shape index (κ2) is 17.3. The highest BCUT2D eigenvalue weighted by atomic mass is 16.5. The summed E-state index contributed by atoms with van der Waals surface area (Å²) < 4.78 is 27.7. The van der Waals surface area contributed by atoms with Crippen molar-refractivity contribution in [2.24, 2.45) is 0 Å². The van der Waals surface area contributed by atoms with Crippen molar-refractivity contribution >= 4 is 23.7 Å². The Kier molecular flexibility index (Phi) is 12.9. The van der Waals surface area contributed by atoms with Crippen LogP contribution >= 0.6 is 0 Å². The largest absolute Gasteiger partial charge is 0.507 e. The molecule has 1 aromatic heterocycles. The molecule has 2 aromatic carbocycles. The van der Waals surface area contributed by atoms with Crippen LogP contribution in [-0.4, -0.2) is 61.9 Å². The molecule has 11 heteroatoms. The number of nitrogens with one attached hydrogen (secondary N) is 1. The molecule has 0 fully saturated rings. The van der Waals surface area contributed by atoms with Gasteiger partial charge >= 0.3 is 5.97 Å². The molecule has 0 spiro atoms. The summed E-state index contributed by atoms with van der Waals surface area (Å²) in [5.74, 6) is -0.995. The lowest BCUT2D eigenvalue weighted by atomic mass is 9.84. The molecule has 11 nitrogen and oxygen atoms in total. The fourth-order valence-corrected chi connectivity index (χ4v) is 5.91. The Morgan fingerprint density at radius 3 is 2.44 bits per heavy atom. The van der Waals surface area contributed by atoms with Crippen LogP contribution in [-0.2, 0) is 20.7 Å². The highest BCUT2D eigenvalue weighted by Crippen LogP contribution is 2.47. The van der Waals surface area contributed by atoms with E-state index in [1.54, 1.807) is 43.5 Å². The van der Waals surface area contributed by atoms with Gasteiger partial charge in [0.05, 0.1) is 33.7 Å². The molecule has 4 rings (SSSR count). The zero-order valence-electron chi connectivity index (χ0n) is 28.0. The summed E-state index contributed by atoms with van der Waals surface area (Å²) >= 11 is 0. The van der Waals surface area contributed by atoms with Gasteiger partial charge in [-0.05, 0) is 80.5 Å². The molecule has 0 bridgehead atoms. The van der Waals surface area contributed by atoms with E-state index in [4.69, 9.17) is 23.4 Å². The molecule has 1 amide bonds. The molecule has 2 atom stereocenters. The number of esters is 1. The highest BCUT2D eigenvalue weighted by Gasteiger charge is 2.32. The van der Waals surface area contributed by atoms with E-state index in [9.17, 15) is 24.6 Å². The van der Waals surface area contributed by atoms with Crippen LogP contribution in [0.1, 0.15) is 97.0 Å². The van der Waals surface area contributed by atoms with E-state index in [0.717, 1.165) is 5.76 Å². The maximum Gasteiger partial charge on any atom is 0.342 e. The normalized spacial score (nSPS) is 16.3. The maximum absolute atomic E-state index is 13.7. The van der Waals surface area contributed by atoms with Gasteiger partial charge in [-0.3, -0.25) is 9.59 Å². The van der Waals surface area contributed by atoms with Gasteiger partial charge in [0.25, 0.3) is 0 Å². The quantitative estimate of drug-likeness (QED) is 0.154. The van der Waals surface area contributed by atoms with Gasteiger partial charge in [0.15, 0.2) is 11.5 Å². The Morgan fingerprint density at radius 1 is 1.04 bits per heavy atom. The predicted molar refractivity (Wildman–Crippen MR) is 179 cm³/mol. The van der Waals surface area contributed by atoms with Crippen molar-refractivity contribution in [3.05, 3.63) is 70.7 Å². The number of methoxy groups -OCH3 is 3. The molecule has 2 heterocycles. The van der Waals surface area contributed by atoms with Gasteiger partial charge < -0.3 is 38.9 Å². The van der Waals surface area contributed by atoms with Crippen LogP contribution < -0.4 is 19.5 Å². The number of aromatic hydroxyl groups is 2. The number of phenolic OH excluding ortho intramolecular Hbond substituents is 2. The number of cyclic esters (lactones) is 1. The Hall–Kier alpha value is -4.93. The molecule has 1 aliphatic heterocycles. The van der Waals surface area contributed by atoms with Crippen LogP contribution in [0.15, 0.2) is 47.1 Å². The van der Waals surface area contributed by atoms with Crippen LogP contribution in [0.2, 0.25) is 0 Å². The van der Waals surface area contributed by atoms with E-state index in [1.165, 1.54) is 27.4 Å². The zero-order chi connectivity index (χ0) is 34.6. The number of carbonyl (C=O) groups is 3. The Morgan fingerprint density at radius 2 is 1.77 bits per heavy atom. The lowest BCUT2D eigenvalue weighted by Crippen LogP contribution is -2.27. The summed E-state index contributed by atoms with van der Waals surface area (Å²) in [5.41, 5.74) is 0.554. The lowest BCUT2D eigenvalue weighted by molar-refractivity contribution is -0.121. The van der Waals surface area contributed by atoms with Crippen molar-refractivity contribution in [1.29, 1.82) is 0 Å². The first-order valence-corrected chi connectivity index (χ1v) is 16.2. The molecular formula is C37H45NO10. The van der Waals surface area contributed by atoms with Gasteiger partial charge in [0.2, 0.25) is 11.7 Å². The molecule has 0 aliphatic carbocycles. The van der Waals surface area contributed by atoms with E-state index < -0.39 is 23.7 Å². The van der Waals surface area contributed by atoms with Crippen molar-refractivity contribution in [3.8, 4) is 28.7 Å². The van der Waals surface area contributed by atoms with Crippen LogP contribution in [0.4, 0.5) is 0 Å². The first-order valence-electron chi connectivity index (χ1n) is 16.2. The molecular weight excluding hydrogens is 618 g/mol. The topological polar surface area (TPSA) is 154 Å². The third kappa shape index (κ3) is 9.11. The third-order valence-electron chi connectivity index (χ3n) is 8.38. The molecule has 1 aliphatic rings. The fraction of sp³-hybridized carbons (Fsp3) is 0.432. The Labute approximate surface area is 280 Å². The van der Waals surface area contributed by atoms with Crippen LogP contribution in [0.3, 0.4) is 0 Å². The molecule has 0 radical (unpaired) electrons. The van der Waals surface area contributed by atoms with Gasteiger partial charge in [-0.15, -0.1) is 0 Å². The smallest absolute Gasteiger partial charge is 0.342 e. The lowest BCUT2D eigenvalue weighted by Gasteiger charge is -2.24. The first kappa shape index (κ1) is 35.9. The molecule has 258 valence electrons. The standard InChI is InChI=1S/C37H45NO10/c1-23-11-8-14-26(39)13-7-5-6-12-24-19-29(40)34(35(42)33(24)37(43)48-23)28(22-32(41)38-17-9-15-27-16-10-18-47-27)25-20-30(44-2)36(46-4)31(21-25)45-3/h6,10,12,16,18-21,23,28,40,42H,5,7-9,11,13-15,17,22H2,1-4H3,(H,38,41). The van der Waals surface area contributed by atoms with Crippen LogP contribution in [0.25, 0.3) is 6.08 Å². The number of aryl methyl sites for hydroxylation is 1. The molecule has 0 saturated carbocycles. The number of phenols is 2.